The molecule has 2 aromatic rings. The van der Waals surface area contributed by atoms with E-state index in [-0.39, 0.29) is 25.1 Å². The van der Waals surface area contributed by atoms with Gasteiger partial charge < -0.3 is 5.11 Å². The van der Waals surface area contributed by atoms with Gasteiger partial charge in [0.25, 0.3) is 0 Å². The fourth-order valence-corrected chi connectivity index (χ4v) is 2.45. The first-order chi connectivity index (χ1) is 9.43. The van der Waals surface area contributed by atoms with E-state index in [0.717, 1.165) is 10.8 Å². The van der Waals surface area contributed by atoms with Crippen molar-refractivity contribution < 1.29 is 18.3 Å². The number of halogens is 3. The zero-order chi connectivity index (χ0) is 14.4. The Labute approximate surface area is 114 Å². The van der Waals surface area contributed by atoms with Crippen LogP contribution in [0, 0.1) is 0 Å². The molecule has 0 saturated heterocycles. The maximum atomic E-state index is 12.9. The first-order valence-corrected chi connectivity index (χ1v) is 6.44. The maximum Gasteiger partial charge on any atom is 0.406 e. The van der Waals surface area contributed by atoms with Crippen molar-refractivity contribution in [2.45, 2.75) is 31.1 Å². The molecule has 0 heterocycles. The van der Waals surface area contributed by atoms with Crippen molar-refractivity contribution in [2.24, 2.45) is 0 Å². The number of alkyl halides is 3. The van der Waals surface area contributed by atoms with Gasteiger partial charge in [0.05, 0.1) is 0 Å². The molecule has 106 valence electrons. The van der Waals surface area contributed by atoms with E-state index in [4.69, 9.17) is 0 Å². The standard InChI is InChI=1S/C15H14F3NO/c16-15(17,18)14(7-8-14)19-9-12-11-4-2-1-3-10(11)5-6-13(12)20/h1-6,19-20H,7-9H2. The number of fused-ring (bicyclic) bond motifs is 1. The van der Waals surface area contributed by atoms with Gasteiger partial charge in [-0.15, -0.1) is 0 Å². The summed E-state index contributed by atoms with van der Waals surface area (Å²) in [6.07, 6.45) is -4.04. The normalized spacial score (nSPS) is 17.4. The summed E-state index contributed by atoms with van der Waals surface area (Å²) in [5, 5.41) is 14.2. The summed E-state index contributed by atoms with van der Waals surface area (Å²) >= 11 is 0. The van der Waals surface area contributed by atoms with Crippen LogP contribution in [-0.4, -0.2) is 16.8 Å². The van der Waals surface area contributed by atoms with Crippen LogP contribution in [0.25, 0.3) is 10.8 Å². The van der Waals surface area contributed by atoms with Crippen molar-refractivity contribution in [1.29, 1.82) is 0 Å². The molecule has 0 spiro atoms. The smallest absolute Gasteiger partial charge is 0.406 e. The zero-order valence-electron chi connectivity index (χ0n) is 10.7. The van der Waals surface area contributed by atoms with Crippen molar-refractivity contribution in [3.8, 4) is 5.75 Å². The molecule has 0 radical (unpaired) electrons. The summed E-state index contributed by atoms with van der Waals surface area (Å²) in [5.74, 6) is 0.0224. The van der Waals surface area contributed by atoms with E-state index < -0.39 is 11.7 Å². The molecular formula is C15H14F3NO. The number of benzene rings is 2. The highest BCUT2D eigenvalue weighted by molar-refractivity contribution is 5.87. The Bertz CT molecular complexity index is 647. The molecule has 1 fully saturated rings. The average molecular weight is 281 g/mol. The van der Waals surface area contributed by atoms with Crippen LogP contribution in [0.5, 0.6) is 5.75 Å². The van der Waals surface area contributed by atoms with E-state index in [2.05, 4.69) is 5.32 Å². The van der Waals surface area contributed by atoms with Crippen molar-refractivity contribution in [3.63, 3.8) is 0 Å². The Kier molecular flexibility index (Phi) is 2.90. The van der Waals surface area contributed by atoms with Crippen LogP contribution in [0.1, 0.15) is 18.4 Å². The van der Waals surface area contributed by atoms with E-state index in [9.17, 15) is 18.3 Å². The van der Waals surface area contributed by atoms with Gasteiger partial charge in [0, 0.05) is 12.1 Å². The molecule has 3 rings (SSSR count). The Morgan fingerprint density at radius 1 is 1.10 bits per heavy atom. The van der Waals surface area contributed by atoms with E-state index >= 15 is 0 Å². The van der Waals surface area contributed by atoms with Gasteiger partial charge in [-0.1, -0.05) is 30.3 Å². The minimum absolute atomic E-state index is 0.00664. The predicted molar refractivity (Wildman–Crippen MR) is 70.5 cm³/mol. The summed E-state index contributed by atoms with van der Waals surface area (Å²) in [5.41, 5.74) is -1.25. The lowest BCUT2D eigenvalue weighted by Crippen LogP contribution is -2.44. The van der Waals surface area contributed by atoms with Crippen LogP contribution in [0.2, 0.25) is 0 Å². The summed E-state index contributed by atoms with van der Waals surface area (Å²) < 4.78 is 38.7. The molecule has 1 saturated carbocycles. The zero-order valence-corrected chi connectivity index (χ0v) is 10.7. The van der Waals surface area contributed by atoms with Gasteiger partial charge >= 0.3 is 6.18 Å². The number of nitrogens with one attached hydrogen (secondary N) is 1. The average Bonchev–Trinajstić information content (AvgIpc) is 3.18. The van der Waals surface area contributed by atoms with E-state index in [1.165, 1.54) is 6.07 Å². The Hall–Kier alpha value is -1.75. The van der Waals surface area contributed by atoms with Gasteiger partial charge in [-0.2, -0.15) is 13.2 Å². The van der Waals surface area contributed by atoms with Crippen LogP contribution in [0.3, 0.4) is 0 Å². The molecule has 1 aliphatic rings. The quantitative estimate of drug-likeness (QED) is 0.898. The van der Waals surface area contributed by atoms with Gasteiger partial charge in [-0.05, 0) is 29.7 Å². The first-order valence-electron chi connectivity index (χ1n) is 6.44. The number of phenolic OH excluding ortho intramolecular Hbond substituents is 1. The lowest BCUT2D eigenvalue weighted by Gasteiger charge is -2.21. The second-order valence-electron chi connectivity index (χ2n) is 5.22. The molecule has 20 heavy (non-hydrogen) atoms. The molecule has 1 aliphatic carbocycles. The monoisotopic (exact) mass is 281 g/mol. The third-order valence-electron chi connectivity index (χ3n) is 3.91. The van der Waals surface area contributed by atoms with Crippen LogP contribution >= 0.6 is 0 Å². The van der Waals surface area contributed by atoms with Crippen LogP contribution in [-0.2, 0) is 6.54 Å². The second kappa shape index (κ2) is 4.38. The van der Waals surface area contributed by atoms with Gasteiger partial charge in [0.2, 0.25) is 0 Å². The highest BCUT2D eigenvalue weighted by Crippen LogP contribution is 2.49. The summed E-state index contributed by atoms with van der Waals surface area (Å²) in [4.78, 5) is 0. The SMILES string of the molecule is Oc1ccc2ccccc2c1CNC1(C(F)(F)F)CC1. The van der Waals surface area contributed by atoms with Crippen molar-refractivity contribution >= 4 is 10.8 Å². The highest BCUT2D eigenvalue weighted by Gasteiger charge is 2.62. The largest absolute Gasteiger partial charge is 0.508 e. The minimum Gasteiger partial charge on any atom is -0.508 e. The van der Waals surface area contributed by atoms with Gasteiger partial charge in [-0.25, -0.2) is 0 Å². The molecule has 0 aromatic heterocycles. The maximum absolute atomic E-state index is 12.9. The number of rotatable bonds is 3. The molecule has 2 aromatic carbocycles. The molecular weight excluding hydrogens is 267 g/mol. The Balaban J connectivity index is 1.90. The van der Waals surface area contributed by atoms with Crippen molar-refractivity contribution in [3.05, 3.63) is 42.0 Å². The third-order valence-corrected chi connectivity index (χ3v) is 3.91. The number of phenols is 1. The summed E-state index contributed by atoms with van der Waals surface area (Å²) in [6, 6.07) is 10.6. The Morgan fingerprint density at radius 3 is 2.45 bits per heavy atom. The minimum atomic E-state index is -4.24. The van der Waals surface area contributed by atoms with Gasteiger partial charge in [0.1, 0.15) is 11.3 Å². The lowest BCUT2D eigenvalue weighted by molar-refractivity contribution is -0.166. The van der Waals surface area contributed by atoms with Crippen LogP contribution < -0.4 is 5.32 Å². The van der Waals surface area contributed by atoms with E-state index in [1.807, 2.05) is 18.2 Å². The predicted octanol–water partition coefficient (Wildman–Crippen LogP) is 3.73. The molecule has 0 bridgehead atoms. The molecule has 5 heteroatoms. The van der Waals surface area contributed by atoms with Gasteiger partial charge in [-0.3, -0.25) is 5.32 Å². The highest BCUT2D eigenvalue weighted by atomic mass is 19.4. The molecule has 0 amide bonds. The second-order valence-corrected chi connectivity index (χ2v) is 5.22. The molecule has 2 nitrogen and oxygen atoms in total. The summed E-state index contributed by atoms with van der Waals surface area (Å²) in [7, 11) is 0. The lowest BCUT2D eigenvalue weighted by atomic mass is 10.0. The number of aromatic hydroxyl groups is 1. The molecule has 0 aliphatic heterocycles. The third kappa shape index (κ3) is 2.12. The van der Waals surface area contributed by atoms with Gasteiger partial charge in [0.15, 0.2) is 0 Å². The topological polar surface area (TPSA) is 32.3 Å². The molecule has 2 N–H and O–H groups in total. The fraction of sp³-hybridized carbons (Fsp3) is 0.333. The van der Waals surface area contributed by atoms with E-state index in [1.54, 1.807) is 12.1 Å². The summed E-state index contributed by atoms with van der Waals surface area (Å²) in [6.45, 7) is 0.00664. The van der Waals surface area contributed by atoms with Crippen LogP contribution in [0.4, 0.5) is 13.2 Å². The molecule has 0 unspecified atom stereocenters. The van der Waals surface area contributed by atoms with Crippen molar-refractivity contribution in [2.75, 3.05) is 0 Å². The van der Waals surface area contributed by atoms with Crippen LogP contribution in [0.15, 0.2) is 36.4 Å². The number of hydrogen-bond acceptors (Lipinski definition) is 2. The van der Waals surface area contributed by atoms with E-state index in [0.29, 0.717) is 5.56 Å². The number of hydrogen-bond donors (Lipinski definition) is 2. The fourth-order valence-electron chi connectivity index (χ4n) is 2.45. The first kappa shape index (κ1) is 13.2. The molecule has 0 atom stereocenters. The Morgan fingerprint density at radius 2 is 1.80 bits per heavy atom. The van der Waals surface area contributed by atoms with Crippen molar-refractivity contribution in [1.82, 2.24) is 5.32 Å².